The summed E-state index contributed by atoms with van der Waals surface area (Å²) >= 11 is 0. The molecule has 0 bridgehead atoms. The van der Waals surface area contributed by atoms with Crippen molar-refractivity contribution in [3.63, 3.8) is 0 Å². The Morgan fingerprint density at radius 2 is 1.81 bits per heavy atom. The van der Waals surface area contributed by atoms with E-state index in [9.17, 15) is 14.7 Å². The van der Waals surface area contributed by atoms with Gasteiger partial charge in [0.15, 0.2) is 6.04 Å². The Labute approximate surface area is 125 Å². The summed E-state index contributed by atoms with van der Waals surface area (Å²) < 4.78 is 0. The Hall–Kier alpha value is -2.04. The van der Waals surface area contributed by atoms with Crippen LogP contribution in [0.25, 0.3) is 0 Å². The van der Waals surface area contributed by atoms with Gasteiger partial charge in [0, 0.05) is 13.1 Å². The average molecular weight is 290 g/mol. The number of benzene rings is 1. The van der Waals surface area contributed by atoms with Gasteiger partial charge < -0.3 is 15.3 Å². The third kappa shape index (κ3) is 3.97. The molecule has 1 aromatic rings. The quantitative estimate of drug-likeness (QED) is 0.896. The molecule has 0 saturated heterocycles. The van der Waals surface area contributed by atoms with Crippen LogP contribution in [0.4, 0.5) is 4.79 Å². The van der Waals surface area contributed by atoms with Gasteiger partial charge in [-0.1, -0.05) is 49.6 Å². The van der Waals surface area contributed by atoms with E-state index in [0.717, 1.165) is 25.7 Å². The van der Waals surface area contributed by atoms with Crippen LogP contribution >= 0.6 is 0 Å². The lowest BCUT2D eigenvalue weighted by molar-refractivity contribution is -0.139. The van der Waals surface area contributed by atoms with Gasteiger partial charge in [0.05, 0.1) is 0 Å². The first-order valence-corrected chi connectivity index (χ1v) is 7.40. The number of carbonyl (C=O) groups excluding carboxylic acids is 1. The maximum atomic E-state index is 12.3. The van der Waals surface area contributed by atoms with E-state index in [-0.39, 0.29) is 12.1 Å². The largest absolute Gasteiger partial charge is 0.479 e. The highest BCUT2D eigenvalue weighted by Gasteiger charge is 2.27. The van der Waals surface area contributed by atoms with Crippen molar-refractivity contribution in [1.29, 1.82) is 0 Å². The Morgan fingerprint density at radius 3 is 2.38 bits per heavy atom. The molecule has 1 aromatic carbocycles. The minimum absolute atomic E-state index is 0.212. The number of hydrogen-bond acceptors (Lipinski definition) is 2. The third-order valence-electron chi connectivity index (χ3n) is 4.09. The molecule has 1 aliphatic rings. The number of rotatable bonds is 4. The first kappa shape index (κ1) is 15.4. The molecule has 5 heteroatoms. The van der Waals surface area contributed by atoms with Gasteiger partial charge in [-0.05, 0) is 18.4 Å². The van der Waals surface area contributed by atoms with E-state index < -0.39 is 12.0 Å². The standard InChI is InChI=1S/C16H22N2O3/c1-18(13-10-6-3-7-11-13)16(21)17-14(15(19)20)12-8-4-2-5-9-12/h2,4-5,8-9,13-14H,3,6-7,10-11H2,1H3,(H,17,21)(H,19,20). The first-order chi connectivity index (χ1) is 10.1. The highest BCUT2D eigenvalue weighted by atomic mass is 16.4. The highest BCUT2D eigenvalue weighted by Crippen LogP contribution is 2.22. The zero-order valence-corrected chi connectivity index (χ0v) is 12.3. The second kappa shape index (κ2) is 7.11. The molecular formula is C16H22N2O3. The van der Waals surface area contributed by atoms with Crippen molar-refractivity contribution in [1.82, 2.24) is 10.2 Å². The molecule has 0 aromatic heterocycles. The summed E-state index contributed by atoms with van der Waals surface area (Å²) in [5.41, 5.74) is 0.579. The van der Waals surface area contributed by atoms with Crippen LogP contribution in [0, 0.1) is 0 Å². The fraction of sp³-hybridized carbons (Fsp3) is 0.500. The molecule has 1 unspecified atom stereocenters. The van der Waals surface area contributed by atoms with Crippen LogP contribution in [-0.2, 0) is 4.79 Å². The van der Waals surface area contributed by atoms with Crippen molar-refractivity contribution in [2.75, 3.05) is 7.05 Å². The van der Waals surface area contributed by atoms with E-state index >= 15 is 0 Å². The molecule has 2 N–H and O–H groups in total. The molecule has 1 atom stereocenters. The number of carboxylic acid groups (broad SMARTS) is 1. The van der Waals surface area contributed by atoms with Gasteiger partial charge in [0.1, 0.15) is 0 Å². The Morgan fingerprint density at radius 1 is 1.19 bits per heavy atom. The van der Waals surface area contributed by atoms with Crippen LogP contribution in [0.3, 0.4) is 0 Å². The van der Waals surface area contributed by atoms with Crippen LogP contribution in [0.2, 0.25) is 0 Å². The molecule has 0 heterocycles. The van der Waals surface area contributed by atoms with E-state index in [1.165, 1.54) is 6.42 Å². The van der Waals surface area contributed by atoms with Crippen LogP contribution in [-0.4, -0.2) is 35.1 Å². The summed E-state index contributed by atoms with van der Waals surface area (Å²) in [4.78, 5) is 25.3. The summed E-state index contributed by atoms with van der Waals surface area (Å²) in [6.07, 6.45) is 5.46. The van der Waals surface area contributed by atoms with E-state index in [0.29, 0.717) is 5.56 Å². The number of nitrogens with one attached hydrogen (secondary N) is 1. The maximum Gasteiger partial charge on any atom is 0.330 e. The van der Waals surface area contributed by atoms with E-state index in [4.69, 9.17) is 0 Å². The lowest BCUT2D eigenvalue weighted by Gasteiger charge is -2.32. The topological polar surface area (TPSA) is 69.6 Å². The lowest BCUT2D eigenvalue weighted by Crippen LogP contribution is -2.46. The number of hydrogen-bond donors (Lipinski definition) is 2. The molecule has 1 aliphatic carbocycles. The van der Waals surface area contributed by atoms with E-state index in [1.54, 1.807) is 36.2 Å². The zero-order chi connectivity index (χ0) is 15.2. The predicted octanol–water partition coefficient (Wildman–Crippen LogP) is 2.79. The fourth-order valence-corrected chi connectivity index (χ4v) is 2.79. The molecule has 0 spiro atoms. The number of carboxylic acids is 1. The van der Waals surface area contributed by atoms with Gasteiger partial charge in [-0.25, -0.2) is 9.59 Å². The fourth-order valence-electron chi connectivity index (χ4n) is 2.79. The molecule has 2 rings (SSSR count). The van der Waals surface area contributed by atoms with Crippen molar-refractivity contribution in [2.24, 2.45) is 0 Å². The normalized spacial score (nSPS) is 17.0. The predicted molar refractivity (Wildman–Crippen MR) is 80.0 cm³/mol. The van der Waals surface area contributed by atoms with Crippen LogP contribution in [0.15, 0.2) is 30.3 Å². The van der Waals surface area contributed by atoms with Gasteiger partial charge >= 0.3 is 12.0 Å². The molecule has 1 saturated carbocycles. The molecule has 114 valence electrons. The van der Waals surface area contributed by atoms with Gasteiger partial charge in [-0.3, -0.25) is 0 Å². The summed E-state index contributed by atoms with van der Waals surface area (Å²) in [7, 11) is 1.75. The zero-order valence-electron chi connectivity index (χ0n) is 12.3. The second-order valence-electron chi connectivity index (χ2n) is 5.53. The van der Waals surface area contributed by atoms with Crippen LogP contribution in [0.1, 0.15) is 43.7 Å². The van der Waals surface area contributed by atoms with Crippen molar-refractivity contribution < 1.29 is 14.7 Å². The van der Waals surface area contributed by atoms with E-state index in [2.05, 4.69) is 5.32 Å². The van der Waals surface area contributed by atoms with Crippen LogP contribution in [0.5, 0.6) is 0 Å². The summed E-state index contributed by atoms with van der Waals surface area (Å²) in [6.45, 7) is 0. The Bertz CT molecular complexity index is 484. The van der Waals surface area contributed by atoms with E-state index in [1.807, 2.05) is 6.07 Å². The summed E-state index contributed by atoms with van der Waals surface area (Å²) in [6, 6.07) is 7.65. The highest BCUT2D eigenvalue weighted by molar-refractivity contribution is 5.83. The Balaban J connectivity index is 2.03. The third-order valence-corrected chi connectivity index (χ3v) is 4.09. The molecule has 0 aliphatic heterocycles. The SMILES string of the molecule is CN(C(=O)NC(C(=O)O)c1ccccc1)C1CCCCC1. The molecule has 0 radical (unpaired) electrons. The molecule has 1 fully saturated rings. The summed E-state index contributed by atoms with van der Waals surface area (Å²) in [5.74, 6) is -1.05. The van der Waals surface area contributed by atoms with Crippen molar-refractivity contribution >= 4 is 12.0 Å². The average Bonchev–Trinajstić information content (AvgIpc) is 2.53. The van der Waals surface area contributed by atoms with Crippen molar-refractivity contribution in [3.8, 4) is 0 Å². The van der Waals surface area contributed by atoms with Crippen molar-refractivity contribution in [3.05, 3.63) is 35.9 Å². The van der Waals surface area contributed by atoms with Gasteiger partial charge in [-0.2, -0.15) is 0 Å². The molecule has 2 amide bonds. The minimum Gasteiger partial charge on any atom is -0.479 e. The molecule has 21 heavy (non-hydrogen) atoms. The maximum absolute atomic E-state index is 12.3. The van der Waals surface area contributed by atoms with Crippen LogP contribution < -0.4 is 5.32 Å². The second-order valence-corrected chi connectivity index (χ2v) is 5.53. The van der Waals surface area contributed by atoms with Gasteiger partial charge in [0.2, 0.25) is 0 Å². The summed E-state index contributed by atoms with van der Waals surface area (Å²) in [5, 5.41) is 12.0. The molecule has 5 nitrogen and oxygen atoms in total. The Kier molecular flexibility index (Phi) is 5.20. The van der Waals surface area contributed by atoms with Crippen molar-refractivity contribution in [2.45, 2.75) is 44.2 Å². The number of aliphatic carboxylic acids is 1. The number of amides is 2. The lowest BCUT2D eigenvalue weighted by atomic mass is 9.95. The molecular weight excluding hydrogens is 268 g/mol. The van der Waals surface area contributed by atoms with Gasteiger partial charge in [-0.15, -0.1) is 0 Å². The van der Waals surface area contributed by atoms with Gasteiger partial charge in [0.25, 0.3) is 0 Å². The number of carbonyl (C=O) groups is 2. The smallest absolute Gasteiger partial charge is 0.330 e. The monoisotopic (exact) mass is 290 g/mol. The minimum atomic E-state index is -1.05. The number of nitrogens with zero attached hydrogens (tertiary/aromatic N) is 1. The first-order valence-electron chi connectivity index (χ1n) is 7.40. The number of urea groups is 1.